The largest absolute Gasteiger partial charge is 0.292 e. The standard InChI is InChI=1S/C50H30N8/c1-4-22-43-35(17-1)37-29-38-36-18-2-5-23-44(36)58(46(38)30-39(37)49-53-42-21-3-6-24-45(42)57(43)49)50-55-47(33-15-11-13-31(27-33)40-19-7-9-25-51-40)54-48(56-50)34-16-12-14-32(28-34)41-20-8-10-26-52-41/h1-30H. The van der Waals surface area contributed by atoms with Gasteiger partial charge in [-0.05, 0) is 78.2 Å². The molecule has 270 valence electrons. The van der Waals surface area contributed by atoms with E-state index in [9.17, 15) is 0 Å². The summed E-state index contributed by atoms with van der Waals surface area (Å²) in [6.07, 6.45) is 3.62. The number of para-hydroxylation sites is 4. The van der Waals surface area contributed by atoms with E-state index in [4.69, 9.17) is 19.9 Å². The van der Waals surface area contributed by atoms with Gasteiger partial charge in [-0.3, -0.25) is 18.9 Å². The molecule has 0 fully saturated rings. The van der Waals surface area contributed by atoms with E-state index in [0.29, 0.717) is 17.6 Å². The number of rotatable bonds is 5. The monoisotopic (exact) mass is 742 g/mol. The Morgan fingerprint density at radius 3 is 1.57 bits per heavy atom. The minimum atomic E-state index is 0.516. The van der Waals surface area contributed by atoms with Crippen LogP contribution in [0.1, 0.15) is 0 Å². The predicted molar refractivity (Wildman–Crippen MR) is 233 cm³/mol. The van der Waals surface area contributed by atoms with Crippen LogP contribution < -0.4 is 0 Å². The smallest absolute Gasteiger partial charge is 0.238 e. The molecule has 0 atom stereocenters. The number of hydrogen-bond acceptors (Lipinski definition) is 6. The first-order chi connectivity index (χ1) is 28.7. The highest BCUT2D eigenvalue weighted by Gasteiger charge is 2.21. The molecule has 12 rings (SSSR count). The zero-order chi connectivity index (χ0) is 38.2. The SMILES string of the molecule is c1ccc(-c2cccc(-c3nc(-c4cccc(-c5ccccn5)c4)nc(-n4c5ccccc5c5cc6c7ccccc7n7c8ccccc8nc7c6cc54)n3)c2)nc1. The lowest BCUT2D eigenvalue weighted by molar-refractivity contribution is 0.954. The molecule has 6 aromatic carbocycles. The van der Waals surface area contributed by atoms with E-state index in [1.165, 1.54) is 0 Å². The minimum Gasteiger partial charge on any atom is -0.292 e. The van der Waals surface area contributed by atoms with Crippen LogP contribution >= 0.6 is 0 Å². The number of imidazole rings is 1. The second-order valence-electron chi connectivity index (χ2n) is 14.4. The summed E-state index contributed by atoms with van der Waals surface area (Å²) in [6, 6.07) is 58.4. The van der Waals surface area contributed by atoms with Crippen molar-refractivity contribution in [1.29, 1.82) is 0 Å². The lowest BCUT2D eigenvalue weighted by atomic mass is 10.0. The molecule has 12 aromatic rings. The number of pyridine rings is 3. The highest BCUT2D eigenvalue weighted by atomic mass is 15.2. The molecule has 0 N–H and O–H groups in total. The lowest BCUT2D eigenvalue weighted by Gasteiger charge is -2.13. The van der Waals surface area contributed by atoms with Crippen molar-refractivity contribution < 1.29 is 0 Å². The second-order valence-corrected chi connectivity index (χ2v) is 14.4. The van der Waals surface area contributed by atoms with Crippen LogP contribution in [0.5, 0.6) is 0 Å². The summed E-state index contributed by atoms with van der Waals surface area (Å²) in [5.74, 6) is 1.63. The number of aromatic nitrogens is 8. The first kappa shape index (κ1) is 32.2. The molecule has 0 unspecified atom stereocenters. The van der Waals surface area contributed by atoms with Gasteiger partial charge in [0, 0.05) is 56.2 Å². The van der Waals surface area contributed by atoms with Crippen molar-refractivity contribution in [2.45, 2.75) is 0 Å². The summed E-state index contributed by atoms with van der Waals surface area (Å²) in [5, 5.41) is 5.56. The van der Waals surface area contributed by atoms with Crippen LogP contribution in [0.4, 0.5) is 0 Å². The van der Waals surface area contributed by atoms with Crippen LogP contribution in [-0.4, -0.2) is 38.9 Å². The van der Waals surface area contributed by atoms with E-state index < -0.39 is 0 Å². The molecule has 8 heteroatoms. The van der Waals surface area contributed by atoms with Crippen LogP contribution in [-0.2, 0) is 0 Å². The van der Waals surface area contributed by atoms with E-state index in [1.54, 1.807) is 0 Å². The van der Waals surface area contributed by atoms with Crippen LogP contribution in [0.3, 0.4) is 0 Å². The molecule has 0 aliphatic rings. The zero-order valence-corrected chi connectivity index (χ0v) is 30.9. The van der Waals surface area contributed by atoms with Gasteiger partial charge in [-0.2, -0.15) is 9.97 Å². The Morgan fingerprint density at radius 2 is 0.914 bits per heavy atom. The number of fused-ring (bicyclic) bond motifs is 11. The Hall–Kier alpha value is -8.10. The van der Waals surface area contributed by atoms with Gasteiger partial charge in [-0.15, -0.1) is 0 Å². The molecular formula is C50H30N8. The Bertz CT molecular complexity index is 3470. The summed E-state index contributed by atoms with van der Waals surface area (Å²) < 4.78 is 4.46. The summed E-state index contributed by atoms with van der Waals surface area (Å²) in [6.45, 7) is 0. The Morgan fingerprint density at radius 1 is 0.345 bits per heavy atom. The lowest BCUT2D eigenvalue weighted by Crippen LogP contribution is -2.06. The van der Waals surface area contributed by atoms with E-state index in [-0.39, 0.29) is 0 Å². The van der Waals surface area contributed by atoms with Crippen LogP contribution in [0.15, 0.2) is 182 Å². The highest BCUT2D eigenvalue weighted by molar-refractivity contribution is 6.21. The molecule has 0 spiro atoms. The average molecular weight is 743 g/mol. The molecule has 0 aliphatic heterocycles. The number of nitrogens with zero attached hydrogens (tertiary/aromatic N) is 8. The average Bonchev–Trinajstić information content (AvgIpc) is 3.85. The van der Waals surface area contributed by atoms with Crippen molar-refractivity contribution in [1.82, 2.24) is 38.9 Å². The maximum Gasteiger partial charge on any atom is 0.238 e. The van der Waals surface area contributed by atoms with Gasteiger partial charge >= 0.3 is 0 Å². The van der Waals surface area contributed by atoms with E-state index in [1.807, 2.05) is 79.1 Å². The van der Waals surface area contributed by atoms with Crippen molar-refractivity contribution in [2.24, 2.45) is 0 Å². The summed E-state index contributed by atoms with van der Waals surface area (Å²) >= 11 is 0. The van der Waals surface area contributed by atoms with Gasteiger partial charge in [0.1, 0.15) is 5.65 Å². The van der Waals surface area contributed by atoms with Gasteiger partial charge in [0.2, 0.25) is 5.95 Å². The molecule has 0 saturated carbocycles. The minimum absolute atomic E-state index is 0.516. The van der Waals surface area contributed by atoms with E-state index in [0.717, 1.165) is 93.8 Å². The molecular weight excluding hydrogens is 713 g/mol. The summed E-state index contributed by atoms with van der Waals surface area (Å²) in [5.41, 5.74) is 11.4. The van der Waals surface area contributed by atoms with E-state index in [2.05, 4.69) is 122 Å². The second kappa shape index (κ2) is 12.7. The van der Waals surface area contributed by atoms with Gasteiger partial charge in [0.05, 0.1) is 39.0 Å². The van der Waals surface area contributed by atoms with Crippen LogP contribution in [0, 0.1) is 0 Å². The van der Waals surface area contributed by atoms with Crippen molar-refractivity contribution in [3.8, 4) is 51.2 Å². The fourth-order valence-electron chi connectivity index (χ4n) is 8.41. The third kappa shape index (κ3) is 5.02. The zero-order valence-electron chi connectivity index (χ0n) is 30.9. The first-order valence-electron chi connectivity index (χ1n) is 19.2. The molecule has 0 radical (unpaired) electrons. The van der Waals surface area contributed by atoms with Gasteiger partial charge in [0.25, 0.3) is 0 Å². The normalized spacial score (nSPS) is 11.8. The fourth-order valence-corrected chi connectivity index (χ4v) is 8.41. The van der Waals surface area contributed by atoms with Gasteiger partial charge in [-0.25, -0.2) is 9.97 Å². The molecule has 58 heavy (non-hydrogen) atoms. The molecule has 8 nitrogen and oxygen atoms in total. The van der Waals surface area contributed by atoms with Crippen molar-refractivity contribution in [3.63, 3.8) is 0 Å². The van der Waals surface area contributed by atoms with Gasteiger partial charge in [0.15, 0.2) is 11.6 Å². The van der Waals surface area contributed by atoms with Crippen LogP contribution in [0.2, 0.25) is 0 Å². The third-order valence-electron chi connectivity index (χ3n) is 11.0. The molecule has 0 amide bonds. The number of hydrogen-bond donors (Lipinski definition) is 0. The fraction of sp³-hybridized carbons (Fsp3) is 0. The topological polar surface area (TPSA) is 86.7 Å². The summed E-state index contributed by atoms with van der Waals surface area (Å²) in [4.78, 5) is 30.3. The molecule has 0 bridgehead atoms. The van der Waals surface area contributed by atoms with Gasteiger partial charge < -0.3 is 0 Å². The van der Waals surface area contributed by atoms with Crippen LogP contribution in [0.25, 0.3) is 111 Å². The maximum absolute atomic E-state index is 5.30. The van der Waals surface area contributed by atoms with Crippen molar-refractivity contribution in [2.75, 3.05) is 0 Å². The predicted octanol–water partition coefficient (Wildman–Crippen LogP) is 11.5. The number of benzene rings is 6. The van der Waals surface area contributed by atoms with E-state index >= 15 is 0 Å². The quantitative estimate of drug-likeness (QED) is 0.163. The summed E-state index contributed by atoms with van der Waals surface area (Å²) in [7, 11) is 0. The first-order valence-corrected chi connectivity index (χ1v) is 19.2. The van der Waals surface area contributed by atoms with Gasteiger partial charge in [-0.1, -0.05) is 97.1 Å². The Balaban J connectivity index is 1.16. The molecule has 0 aliphatic carbocycles. The van der Waals surface area contributed by atoms with Crippen molar-refractivity contribution in [3.05, 3.63) is 182 Å². The molecule has 6 heterocycles. The highest BCUT2D eigenvalue weighted by Crippen LogP contribution is 2.39. The Labute approximate surface area is 331 Å². The Kier molecular flexibility index (Phi) is 7.06. The maximum atomic E-state index is 5.30. The van der Waals surface area contributed by atoms with Crippen molar-refractivity contribution >= 4 is 60.2 Å². The third-order valence-corrected chi connectivity index (χ3v) is 11.0. The molecule has 6 aromatic heterocycles. The molecule has 0 saturated heterocycles.